The molecule has 2 heterocycles. The summed E-state index contributed by atoms with van der Waals surface area (Å²) in [6, 6.07) is 6.14. The second kappa shape index (κ2) is 12.6. The number of nitrogens with zero attached hydrogens (tertiary/aromatic N) is 1. The number of rotatable bonds is 11. The summed E-state index contributed by atoms with van der Waals surface area (Å²) in [5.74, 6) is -0.490. The Balaban J connectivity index is 1.74. The van der Waals surface area contributed by atoms with Gasteiger partial charge in [-0.1, -0.05) is 12.1 Å². The van der Waals surface area contributed by atoms with Crippen molar-refractivity contribution < 1.29 is 18.7 Å². The number of aromatic nitrogens is 1. The molecular weight excluding hydrogens is 445 g/mol. The van der Waals surface area contributed by atoms with E-state index >= 15 is 0 Å². The molecule has 3 rings (SSSR count). The van der Waals surface area contributed by atoms with Gasteiger partial charge in [0.1, 0.15) is 16.9 Å². The zero-order valence-electron chi connectivity index (χ0n) is 18.8. The van der Waals surface area contributed by atoms with Crippen molar-refractivity contribution in [2.45, 2.75) is 38.3 Å². The van der Waals surface area contributed by atoms with Gasteiger partial charge in [-0.05, 0) is 55.4 Å². The molecule has 0 radical (unpaired) electrons. The maximum atomic E-state index is 13.4. The van der Waals surface area contributed by atoms with Gasteiger partial charge < -0.3 is 19.9 Å². The average Bonchev–Trinajstić information content (AvgIpc) is 3.30. The van der Waals surface area contributed by atoms with Gasteiger partial charge in [-0.3, -0.25) is 14.4 Å². The quantitative estimate of drug-likeness (QED) is 0.488. The van der Waals surface area contributed by atoms with E-state index in [1.807, 2.05) is 6.26 Å². The summed E-state index contributed by atoms with van der Waals surface area (Å²) in [6.45, 7) is 1.82. The lowest BCUT2D eigenvalue weighted by Gasteiger charge is -2.16. The standard InChI is InChI=1S/C24H30FN3O4S/c1-33-12-4-9-26-23(30)20-15-28(14-19-7-3-11-32-19)16-21(22(20)29)24(31)27-10-8-17-5-2-6-18(25)13-17/h2,5-6,13,15-16,19H,3-4,7-12,14H2,1H3,(H,26,30)(H,27,31)/t19-/m0/s1. The predicted octanol–water partition coefficient (Wildman–Crippen LogP) is 2.62. The van der Waals surface area contributed by atoms with Crippen LogP contribution in [0.4, 0.5) is 4.39 Å². The van der Waals surface area contributed by atoms with Gasteiger partial charge in [0.15, 0.2) is 0 Å². The van der Waals surface area contributed by atoms with Crippen LogP contribution in [0.5, 0.6) is 0 Å². The zero-order valence-corrected chi connectivity index (χ0v) is 19.6. The molecule has 1 aromatic heterocycles. The summed E-state index contributed by atoms with van der Waals surface area (Å²) < 4.78 is 20.7. The van der Waals surface area contributed by atoms with Gasteiger partial charge in [0.2, 0.25) is 5.43 Å². The van der Waals surface area contributed by atoms with Crippen molar-refractivity contribution in [2.75, 3.05) is 31.7 Å². The molecule has 2 amide bonds. The lowest BCUT2D eigenvalue weighted by molar-refractivity contribution is 0.0926. The predicted molar refractivity (Wildman–Crippen MR) is 127 cm³/mol. The molecule has 1 fully saturated rings. The molecule has 0 bridgehead atoms. The smallest absolute Gasteiger partial charge is 0.256 e. The van der Waals surface area contributed by atoms with Gasteiger partial charge >= 0.3 is 0 Å². The first-order valence-corrected chi connectivity index (χ1v) is 12.5. The number of halogens is 1. The fourth-order valence-corrected chi connectivity index (χ4v) is 4.14. The molecule has 7 nitrogen and oxygen atoms in total. The Hall–Kier alpha value is -2.65. The second-order valence-corrected chi connectivity index (χ2v) is 8.97. The third kappa shape index (κ3) is 7.43. The molecule has 1 atom stereocenters. The molecule has 1 aromatic carbocycles. The van der Waals surface area contributed by atoms with E-state index in [0.717, 1.165) is 30.6 Å². The molecule has 0 spiro atoms. The minimum absolute atomic E-state index is 0.0196. The second-order valence-electron chi connectivity index (χ2n) is 7.98. The fraction of sp³-hybridized carbons (Fsp3) is 0.458. The van der Waals surface area contributed by atoms with E-state index in [9.17, 15) is 18.8 Å². The van der Waals surface area contributed by atoms with Crippen LogP contribution >= 0.6 is 11.8 Å². The number of nitrogens with one attached hydrogen (secondary N) is 2. The Bertz CT molecular complexity index is 1020. The lowest BCUT2D eigenvalue weighted by atomic mass is 10.1. The van der Waals surface area contributed by atoms with Crippen LogP contribution in [0.1, 0.15) is 45.5 Å². The first-order valence-electron chi connectivity index (χ1n) is 11.1. The van der Waals surface area contributed by atoms with Crippen LogP contribution in [0, 0.1) is 5.82 Å². The van der Waals surface area contributed by atoms with Crippen LogP contribution in [-0.4, -0.2) is 54.2 Å². The van der Waals surface area contributed by atoms with Crippen LogP contribution in [0.25, 0.3) is 0 Å². The average molecular weight is 476 g/mol. The molecule has 2 N–H and O–H groups in total. The van der Waals surface area contributed by atoms with Gasteiger partial charge in [0.25, 0.3) is 11.8 Å². The van der Waals surface area contributed by atoms with Crippen LogP contribution in [0.15, 0.2) is 41.5 Å². The third-order valence-corrected chi connectivity index (χ3v) is 6.10. The summed E-state index contributed by atoms with van der Waals surface area (Å²) in [6.07, 6.45) is 8.00. The Morgan fingerprint density at radius 1 is 1.18 bits per heavy atom. The number of hydrogen-bond donors (Lipinski definition) is 2. The number of pyridine rings is 1. The topological polar surface area (TPSA) is 89.4 Å². The monoisotopic (exact) mass is 475 g/mol. The van der Waals surface area contributed by atoms with Gasteiger partial charge in [0, 0.05) is 38.6 Å². The van der Waals surface area contributed by atoms with Gasteiger partial charge in [-0.25, -0.2) is 4.39 Å². The van der Waals surface area contributed by atoms with Crippen molar-refractivity contribution in [3.8, 4) is 0 Å². The van der Waals surface area contributed by atoms with Crippen molar-refractivity contribution in [3.63, 3.8) is 0 Å². The summed E-state index contributed by atoms with van der Waals surface area (Å²) in [5.41, 5.74) is -0.0207. The number of benzene rings is 1. The minimum atomic E-state index is -0.607. The maximum Gasteiger partial charge on any atom is 0.256 e. The third-order valence-electron chi connectivity index (χ3n) is 5.41. The fourth-order valence-electron chi connectivity index (χ4n) is 3.71. The number of hydrogen-bond acceptors (Lipinski definition) is 5. The summed E-state index contributed by atoms with van der Waals surface area (Å²) in [7, 11) is 0. The van der Waals surface area contributed by atoms with Gasteiger partial charge in [-0.2, -0.15) is 11.8 Å². The molecular formula is C24H30FN3O4S. The maximum absolute atomic E-state index is 13.4. The van der Waals surface area contributed by atoms with Crippen molar-refractivity contribution in [1.82, 2.24) is 15.2 Å². The van der Waals surface area contributed by atoms with E-state index in [1.54, 1.807) is 28.5 Å². The molecule has 9 heteroatoms. The summed E-state index contributed by atoms with van der Waals surface area (Å²) in [5, 5.41) is 5.48. The van der Waals surface area contributed by atoms with E-state index in [-0.39, 0.29) is 29.6 Å². The van der Waals surface area contributed by atoms with Crippen LogP contribution in [-0.2, 0) is 17.7 Å². The Labute approximate surface area is 197 Å². The number of amides is 2. The van der Waals surface area contributed by atoms with Crippen molar-refractivity contribution >= 4 is 23.6 Å². The molecule has 1 saturated heterocycles. The van der Waals surface area contributed by atoms with Crippen molar-refractivity contribution in [2.24, 2.45) is 0 Å². The Kier molecular flexibility index (Phi) is 9.50. The molecule has 0 aliphatic carbocycles. The number of carbonyl (C=O) groups is 2. The summed E-state index contributed by atoms with van der Waals surface area (Å²) in [4.78, 5) is 38.5. The largest absolute Gasteiger partial charge is 0.376 e. The molecule has 178 valence electrons. The van der Waals surface area contributed by atoms with Crippen LogP contribution in [0.2, 0.25) is 0 Å². The van der Waals surface area contributed by atoms with E-state index in [0.29, 0.717) is 26.1 Å². The number of thioether (sulfide) groups is 1. The summed E-state index contributed by atoms with van der Waals surface area (Å²) >= 11 is 1.68. The van der Waals surface area contributed by atoms with Crippen LogP contribution < -0.4 is 16.1 Å². The van der Waals surface area contributed by atoms with Crippen molar-refractivity contribution in [3.05, 3.63) is 69.4 Å². The molecule has 0 unspecified atom stereocenters. The van der Waals surface area contributed by atoms with E-state index < -0.39 is 17.2 Å². The highest BCUT2D eigenvalue weighted by Gasteiger charge is 2.21. The van der Waals surface area contributed by atoms with E-state index in [4.69, 9.17) is 4.74 Å². The molecule has 0 saturated carbocycles. The molecule has 1 aliphatic heterocycles. The highest BCUT2D eigenvalue weighted by molar-refractivity contribution is 7.98. The normalized spacial score (nSPS) is 15.4. The zero-order chi connectivity index (χ0) is 23.6. The highest BCUT2D eigenvalue weighted by atomic mass is 32.2. The molecule has 2 aromatic rings. The molecule has 33 heavy (non-hydrogen) atoms. The van der Waals surface area contributed by atoms with Crippen LogP contribution in [0.3, 0.4) is 0 Å². The lowest BCUT2D eigenvalue weighted by Crippen LogP contribution is -2.36. The van der Waals surface area contributed by atoms with Crippen molar-refractivity contribution in [1.29, 1.82) is 0 Å². The van der Waals surface area contributed by atoms with Gasteiger partial charge in [0.05, 0.1) is 6.10 Å². The number of ether oxygens (including phenoxy) is 1. The first kappa shape index (κ1) is 25.0. The number of carbonyl (C=O) groups excluding carboxylic acids is 2. The Morgan fingerprint density at radius 2 is 1.91 bits per heavy atom. The highest BCUT2D eigenvalue weighted by Crippen LogP contribution is 2.14. The van der Waals surface area contributed by atoms with E-state index in [2.05, 4.69) is 10.6 Å². The SMILES string of the molecule is CSCCCNC(=O)c1cn(C[C@@H]2CCCO2)cc(C(=O)NCCc2cccc(F)c2)c1=O. The first-order chi connectivity index (χ1) is 16.0. The minimum Gasteiger partial charge on any atom is -0.376 e. The Morgan fingerprint density at radius 3 is 2.55 bits per heavy atom. The van der Waals surface area contributed by atoms with Gasteiger partial charge in [-0.15, -0.1) is 0 Å². The van der Waals surface area contributed by atoms with E-state index in [1.165, 1.54) is 24.5 Å². The molecule has 1 aliphatic rings.